The van der Waals surface area contributed by atoms with E-state index in [-0.39, 0.29) is 6.61 Å². The number of aliphatic hydroxyl groups excluding tert-OH is 1. The van der Waals surface area contributed by atoms with Gasteiger partial charge in [0.15, 0.2) is 0 Å². The highest BCUT2D eigenvalue weighted by Gasteiger charge is 2.23. The van der Waals surface area contributed by atoms with Crippen molar-refractivity contribution >= 4 is 10.0 Å². The minimum atomic E-state index is -3.01. The van der Waals surface area contributed by atoms with Gasteiger partial charge in [0, 0.05) is 19.7 Å². The van der Waals surface area contributed by atoms with E-state index >= 15 is 0 Å². The van der Waals surface area contributed by atoms with Gasteiger partial charge in [-0.25, -0.2) is 12.7 Å². The molecule has 0 atom stereocenters. The molecule has 0 radical (unpaired) electrons. The van der Waals surface area contributed by atoms with E-state index in [1.54, 1.807) is 0 Å². The van der Waals surface area contributed by atoms with Crippen LogP contribution in [0.5, 0.6) is 0 Å². The van der Waals surface area contributed by atoms with E-state index in [4.69, 9.17) is 5.11 Å². The molecule has 1 heterocycles. The summed E-state index contributed by atoms with van der Waals surface area (Å²) in [5, 5.41) is 8.81. The first-order chi connectivity index (χ1) is 5.54. The van der Waals surface area contributed by atoms with Gasteiger partial charge in [0.1, 0.15) is 0 Å². The number of sulfonamides is 1. The Bertz CT molecular complexity index is 229. The average molecular weight is 193 g/mol. The molecule has 1 aliphatic heterocycles. The summed E-state index contributed by atoms with van der Waals surface area (Å²) < 4.78 is 23.6. The van der Waals surface area contributed by atoms with Gasteiger partial charge in [-0.05, 0) is 18.8 Å². The maximum Gasteiger partial charge on any atom is 0.211 e. The van der Waals surface area contributed by atoms with Crippen molar-refractivity contribution < 1.29 is 13.5 Å². The zero-order chi connectivity index (χ0) is 9.19. The van der Waals surface area contributed by atoms with Crippen molar-refractivity contribution in [2.45, 2.75) is 12.8 Å². The quantitative estimate of drug-likeness (QED) is 0.652. The van der Waals surface area contributed by atoms with Gasteiger partial charge in [-0.2, -0.15) is 0 Å². The van der Waals surface area contributed by atoms with Gasteiger partial charge in [-0.15, -0.1) is 0 Å². The van der Waals surface area contributed by atoms with Crippen LogP contribution in [0.4, 0.5) is 0 Å². The van der Waals surface area contributed by atoms with Gasteiger partial charge < -0.3 is 5.11 Å². The maximum atomic E-state index is 11.0. The van der Waals surface area contributed by atoms with E-state index < -0.39 is 10.0 Å². The average Bonchev–Trinajstić information content (AvgIpc) is 2.03. The fourth-order valence-electron chi connectivity index (χ4n) is 1.42. The van der Waals surface area contributed by atoms with Crippen LogP contribution in [0.3, 0.4) is 0 Å². The Balaban J connectivity index is 2.47. The third kappa shape index (κ3) is 2.43. The second-order valence-electron chi connectivity index (χ2n) is 3.29. The molecular formula is C7H15NO3S. The summed E-state index contributed by atoms with van der Waals surface area (Å²) in [6.45, 7) is 1.30. The van der Waals surface area contributed by atoms with Crippen LogP contribution in [0.1, 0.15) is 12.8 Å². The summed E-state index contributed by atoms with van der Waals surface area (Å²) in [4.78, 5) is 0. The molecule has 0 aliphatic carbocycles. The predicted molar refractivity (Wildman–Crippen MR) is 46.2 cm³/mol. The van der Waals surface area contributed by atoms with Gasteiger partial charge in [0.2, 0.25) is 10.0 Å². The Morgan fingerprint density at radius 2 is 1.92 bits per heavy atom. The molecule has 0 saturated carbocycles. The molecular weight excluding hydrogens is 178 g/mol. The molecule has 4 nitrogen and oxygen atoms in total. The summed E-state index contributed by atoms with van der Waals surface area (Å²) in [7, 11) is -3.01. The van der Waals surface area contributed by atoms with Crippen molar-refractivity contribution in [3.8, 4) is 0 Å². The monoisotopic (exact) mass is 193 g/mol. The normalized spacial score (nSPS) is 22.8. The third-order valence-electron chi connectivity index (χ3n) is 2.30. The molecule has 1 saturated heterocycles. The van der Waals surface area contributed by atoms with Crippen molar-refractivity contribution in [2.24, 2.45) is 5.92 Å². The summed E-state index contributed by atoms with van der Waals surface area (Å²) in [5.41, 5.74) is 0. The molecule has 0 bridgehead atoms. The van der Waals surface area contributed by atoms with Crippen LogP contribution in [-0.4, -0.2) is 43.8 Å². The van der Waals surface area contributed by atoms with Gasteiger partial charge in [-0.1, -0.05) is 0 Å². The van der Waals surface area contributed by atoms with Crippen molar-refractivity contribution in [3.05, 3.63) is 0 Å². The summed E-state index contributed by atoms with van der Waals surface area (Å²) in [5.74, 6) is 0.294. The third-order valence-corrected chi connectivity index (χ3v) is 3.60. The molecule has 1 fully saturated rings. The number of nitrogens with zero attached hydrogens (tertiary/aromatic N) is 1. The van der Waals surface area contributed by atoms with Crippen LogP contribution < -0.4 is 0 Å². The zero-order valence-corrected chi connectivity index (χ0v) is 8.05. The van der Waals surface area contributed by atoms with E-state index in [9.17, 15) is 8.42 Å². The Labute approximate surface area is 73.2 Å². The van der Waals surface area contributed by atoms with E-state index in [2.05, 4.69) is 0 Å². The Kier molecular flexibility index (Phi) is 3.09. The smallest absolute Gasteiger partial charge is 0.211 e. The number of piperidine rings is 1. The maximum absolute atomic E-state index is 11.0. The summed E-state index contributed by atoms with van der Waals surface area (Å²) >= 11 is 0. The van der Waals surface area contributed by atoms with Crippen LogP contribution in [-0.2, 0) is 10.0 Å². The summed E-state index contributed by atoms with van der Waals surface area (Å²) in [6.07, 6.45) is 2.79. The Hall–Kier alpha value is -0.130. The van der Waals surface area contributed by atoms with Gasteiger partial charge in [-0.3, -0.25) is 0 Å². The minimum absolute atomic E-state index is 0.178. The second-order valence-corrected chi connectivity index (χ2v) is 5.27. The molecule has 12 heavy (non-hydrogen) atoms. The van der Waals surface area contributed by atoms with Crippen LogP contribution in [0.25, 0.3) is 0 Å². The highest BCUT2D eigenvalue weighted by molar-refractivity contribution is 7.88. The lowest BCUT2D eigenvalue weighted by Gasteiger charge is -2.28. The van der Waals surface area contributed by atoms with Crippen LogP contribution >= 0.6 is 0 Å². The fraction of sp³-hybridized carbons (Fsp3) is 1.00. The molecule has 5 heteroatoms. The zero-order valence-electron chi connectivity index (χ0n) is 7.23. The van der Waals surface area contributed by atoms with Gasteiger partial charge in [0.25, 0.3) is 0 Å². The molecule has 1 N–H and O–H groups in total. The van der Waals surface area contributed by atoms with Crippen LogP contribution in [0.15, 0.2) is 0 Å². The topological polar surface area (TPSA) is 57.6 Å². The number of aliphatic hydroxyl groups is 1. The second kappa shape index (κ2) is 3.72. The molecule has 1 rings (SSSR count). The molecule has 0 aromatic rings. The summed E-state index contributed by atoms with van der Waals surface area (Å²) in [6, 6.07) is 0. The fourth-order valence-corrected chi connectivity index (χ4v) is 2.30. The molecule has 0 unspecified atom stereocenters. The minimum Gasteiger partial charge on any atom is -0.396 e. The predicted octanol–water partition coefficient (Wildman–Crippen LogP) is -0.350. The standard InChI is InChI=1S/C7H15NO3S/c1-12(10,11)8-4-2-7(6-9)3-5-8/h7,9H,2-6H2,1H3. The van der Waals surface area contributed by atoms with Crippen molar-refractivity contribution in [1.82, 2.24) is 4.31 Å². The van der Waals surface area contributed by atoms with Gasteiger partial charge in [0.05, 0.1) is 6.26 Å². The number of rotatable bonds is 2. The first-order valence-corrected chi connectivity index (χ1v) is 5.95. The first kappa shape index (κ1) is 9.95. The lowest BCUT2D eigenvalue weighted by Crippen LogP contribution is -2.38. The van der Waals surface area contributed by atoms with E-state index in [0.29, 0.717) is 19.0 Å². The number of hydrogen-bond donors (Lipinski definition) is 1. The molecule has 0 aromatic heterocycles. The van der Waals surface area contributed by atoms with E-state index in [1.807, 2.05) is 0 Å². The SMILES string of the molecule is CS(=O)(=O)N1CCC(CO)CC1. The van der Waals surface area contributed by atoms with Crippen LogP contribution in [0.2, 0.25) is 0 Å². The lowest BCUT2D eigenvalue weighted by atomic mass is 10.00. The van der Waals surface area contributed by atoms with E-state index in [0.717, 1.165) is 12.8 Å². The lowest BCUT2D eigenvalue weighted by molar-refractivity contribution is 0.170. The Morgan fingerprint density at radius 3 is 2.25 bits per heavy atom. The number of hydrogen-bond acceptors (Lipinski definition) is 3. The highest BCUT2D eigenvalue weighted by Crippen LogP contribution is 2.17. The first-order valence-electron chi connectivity index (χ1n) is 4.10. The van der Waals surface area contributed by atoms with Crippen molar-refractivity contribution in [2.75, 3.05) is 26.0 Å². The molecule has 0 amide bonds. The van der Waals surface area contributed by atoms with Crippen molar-refractivity contribution in [1.29, 1.82) is 0 Å². The molecule has 0 spiro atoms. The highest BCUT2D eigenvalue weighted by atomic mass is 32.2. The van der Waals surface area contributed by atoms with Crippen LogP contribution in [0, 0.1) is 5.92 Å². The Morgan fingerprint density at radius 1 is 1.42 bits per heavy atom. The molecule has 0 aromatic carbocycles. The van der Waals surface area contributed by atoms with Gasteiger partial charge >= 0.3 is 0 Å². The molecule has 1 aliphatic rings. The molecule has 72 valence electrons. The van der Waals surface area contributed by atoms with E-state index in [1.165, 1.54) is 10.6 Å². The van der Waals surface area contributed by atoms with Crippen molar-refractivity contribution in [3.63, 3.8) is 0 Å². The largest absolute Gasteiger partial charge is 0.396 e.